The molecule has 0 aliphatic carbocycles. The number of aromatic nitrogens is 3. The summed E-state index contributed by atoms with van der Waals surface area (Å²) in [4.78, 5) is 28.9. The number of carbonyl (C=O) groups excluding carboxylic acids is 1. The number of carbonyl (C=O) groups is 1. The van der Waals surface area contributed by atoms with Gasteiger partial charge in [0.15, 0.2) is 0 Å². The average Bonchev–Trinajstić information content (AvgIpc) is 2.76. The summed E-state index contributed by atoms with van der Waals surface area (Å²) in [5.74, 6) is -2.25. The van der Waals surface area contributed by atoms with Gasteiger partial charge in [-0.1, -0.05) is 6.07 Å². The molecule has 0 saturated heterocycles. The van der Waals surface area contributed by atoms with E-state index in [1.54, 1.807) is 0 Å². The lowest BCUT2D eigenvalue weighted by atomic mass is 10.1. The lowest BCUT2D eigenvalue weighted by Crippen LogP contribution is -2.49. The number of alkyl halides is 5. The topological polar surface area (TPSA) is 97.1 Å². The van der Waals surface area contributed by atoms with E-state index in [2.05, 4.69) is 10.1 Å². The first-order valence-corrected chi connectivity index (χ1v) is 9.14. The minimum absolute atomic E-state index is 0.0492. The molecule has 0 aliphatic heterocycles. The summed E-state index contributed by atoms with van der Waals surface area (Å²) in [5.41, 5.74) is -2.85. The van der Waals surface area contributed by atoms with Crippen molar-refractivity contribution >= 4 is 5.91 Å². The summed E-state index contributed by atoms with van der Waals surface area (Å²) < 4.78 is 78.7. The first-order valence-electron chi connectivity index (χ1n) is 9.14. The van der Waals surface area contributed by atoms with E-state index in [0.29, 0.717) is 4.68 Å². The highest BCUT2D eigenvalue weighted by molar-refractivity contribution is 5.95. The van der Waals surface area contributed by atoms with Crippen molar-refractivity contribution in [2.75, 3.05) is 6.61 Å². The number of nitrogens with zero attached hydrogens (tertiary/aromatic N) is 3. The maximum absolute atomic E-state index is 13.7. The Labute approximate surface area is 181 Å². The van der Waals surface area contributed by atoms with Gasteiger partial charge in [-0.05, 0) is 36.4 Å². The van der Waals surface area contributed by atoms with Crippen LogP contribution in [0.15, 0.2) is 53.5 Å². The number of nitrogens with one attached hydrogen (secondary N) is 1. The van der Waals surface area contributed by atoms with E-state index in [1.165, 1.54) is 17.4 Å². The molecule has 2 aromatic heterocycles. The van der Waals surface area contributed by atoms with Crippen LogP contribution in [-0.4, -0.2) is 44.6 Å². The zero-order chi connectivity index (χ0) is 24.3. The lowest BCUT2D eigenvalue weighted by molar-refractivity contribution is -0.161. The second-order valence-electron chi connectivity index (χ2n) is 6.66. The molecule has 13 heteroatoms. The van der Waals surface area contributed by atoms with Crippen molar-refractivity contribution in [3.05, 3.63) is 76.1 Å². The van der Waals surface area contributed by atoms with Crippen LogP contribution in [0.3, 0.4) is 0 Å². The second kappa shape index (κ2) is 9.40. The van der Waals surface area contributed by atoms with Crippen LogP contribution >= 0.6 is 0 Å². The maximum atomic E-state index is 13.7. The molecule has 1 unspecified atom stereocenters. The van der Waals surface area contributed by atoms with Crippen molar-refractivity contribution in [3.63, 3.8) is 0 Å². The van der Waals surface area contributed by atoms with Crippen molar-refractivity contribution in [2.45, 2.75) is 18.6 Å². The molecule has 3 rings (SSSR count). The number of halogens is 6. The summed E-state index contributed by atoms with van der Waals surface area (Å²) in [6.07, 6.45) is -6.90. The Kier molecular flexibility index (Phi) is 6.81. The van der Waals surface area contributed by atoms with Crippen LogP contribution in [-0.2, 0) is 0 Å². The van der Waals surface area contributed by atoms with Gasteiger partial charge < -0.3 is 10.4 Å². The van der Waals surface area contributed by atoms with Gasteiger partial charge in [-0.15, -0.1) is 0 Å². The zero-order valence-electron chi connectivity index (χ0n) is 16.4. The summed E-state index contributed by atoms with van der Waals surface area (Å²) in [7, 11) is 0. The fourth-order valence-electron chi connectivity index (χ4n) is 2.73. The molecule has 33 heavy (non-hydrogen) atoms. The summed E-state index contributed by atoms with van der Waals surface area (Å²) in [6, 6.07) is 4.75. The van der Waals surface area contributed by atoms with E-state index in [9.17, 15) is 35.9 Å². The van der Waals surface area contributed by atoms with Crippen LogP contribution in [0.1, 0.15) is 22.5 Å². The van der Waals surface area contributed by atoms with Gasteiger partial charge in [-0.2, -0.15) is 23.0 Å². The number of rotatable bonds is 6. The number of hydrogen-bond donors (Lipinski definition) is 2. The Bertz CT molecular complexity index is 1210. The van der Waals surface area contributed by atoms with Crippen molar-refractivity contribution in [3.8, 4) is 16.9 Å². The first kappa shape index (κ1) is 23.9. The highest BCUT2D eigenvalue weighted by Gasteiger charge is 2.40. The van der Waals surface area contributed by atoms with Crippen LogP contribution in [0.2, 0.25) is 0 Å². The Balaban J connectivity index is 2.16. The molecule has 7 nitrogen and oxygen atoms in total. The molecule has 0 fully saturated rings. The minimum Gasteiger partial charge on any atom is -0.394 e. The predicted octanol–water partition coefficient (Wildman–Crippen LogP) is 3.02. The highest BCUT2D eigenvalue weighted by atomic mass is 19.4. The lowest BCUT2D eigenvalue weighted by Gasteiger charge is -2.19. The van der Waals surface area contributed by atoms with Crippen molar-refractivity contribution in [1.29, 1.82) is 0 Å². The molecule has 1 aromatic carbocycles. The Morgan fingerprint density at radius 3 is 2.42 bits per heavy atom. The van der Waals surface area contributed by atoms with Gasteiger partial charge in [-0.3, -0.25) is 14.6 Å². The molecule has 0 saturated carbocycles. The number of hydrogen-bond acceptors (Lipinski definition) is 5. The van der Waals surface area contributed by atoms with Crippen molar-refractivity contribution < 1.29 is 36.2 Å². The molecular formula is C20H14F6N4O3. The fourth-order valence-corrected chi connectivity index (χ4v) is 2.73. The number of aliphatic hydroxyl groups excluding tert-OH is 1. The van der Waals surface area contributed by atoms with Gasteiger partial charge in [0.1, 0.15) is 23.1 Å². The van der Waals surface area contributed by atoms with E-state index < -0.39 is 53.8 Å². The third-order valence-corrected chi connectivity index (χ3v) is 4.40. The Morgan fingerprint density at radius 2 is 1.88 bits per heavy atom. The number of benzene rings is 1. The summed E-state index contributed by atoms with van der Waals surface area (Å²) >= 11 is 0. The van der Waals surface area contributed by atoms with Crippen molar-refractivity contribution in [1.82, 2.24) is 20.1 Å². The number of aliphatic hydroxyl groups is 1. The van der Waals surface area contributed by atoms with E-state index in [4.69, 9.17) is 5.11 Å². The molecule has 2 N–H and O–H groups in total. The van der Waals surface area contributed by atoms with Crippen LogP contribution < -0.4 is 10.9 Å². The summed E-state index contributed by atoms with van der Waals surface area (Å²) in [5, 5.41) is 14.4. The minimum atomic E-state index is -5.00. The molecule has 0 bridgehead atoms. The van der Waals surface area contributed by atoms with Crippen LogP contribution in [0.5, 0.6) is 0 Å². The van der Waals surface area contributed by atoms with E-state index >= 15 is 0 Å². The molecule has 174 valence electrons. The van der Waals surface area contributed by atoms with E-state index in [-0.39, 0.29) is 16.9 Å². The first-order chi connectivity index (χ1) is 15.5. The normalized spacial score (nSPS) is 12.6. The molecule has 2 heterocycles. The molecule has 0 spiro atoms. The van der Waals surface area contributed by atoms with Gasteiger partial charge in [0.25, 0.3) is 17.9 Å². The Morgan fingerprint density at radius 1 is 1.15 bits per heavy atom. The van der Waals surface area contributed by atoms with E-state index in [0.717, 1.165) is 36.5 Å². The van der Waals surface area contributed by atoms with Crippen molar-refractivity contribution in [2.24, 2.45) is 0 Å². The van der Waals surface area contributed by atoms with Gasteiger partial charge in [-0.25, -0.2) is 13.2 Å². The standard InChI is InChI=1S/C20H14F6N4O3/c21-11-2-1-3-12(6-11)30-19(33)13(18(32)28-16(9-31)20(24,25)26)7-15(29-30)10-4-5-14(17(22)23)27-8-10/h1-8,16-17,31H,9H2,(H,28,32). The van der Waals surface area contributed by atoms with Crippen LogP contribution in [0.25, 0.3) is 16.9 Å². The van der Waals surface area contributed by atoms with Gasteiger partial charge in [0, 0.05) is 11.8 Å². The largest absolute Gasteiger partial charge is 0.410 e. The molecule has 0 aliphatic rings. The number of amides is 1. The predicted molar refractivity (Wildman–Crippen MR) is 102 cm³/mol. The van der Waals surface area contributed by atoms with Crippen LogP contribution in [0, 0.1) is 5.82 Å². The van der Waals surface area contributed by atoms with Gasteiger partial charge in [0.05, 0.1) is 18.0 Å². The molecule has 1 amide bonds. The average molecular weight is 472 g/mol. The zero-order valence-corrected chi connectivity index (χ0v) is 16.4. The SMILES string of the molecule is O=C(NC(CO)C(F)(F)F)c1cc(-c2ccc(C(F)F)nc2)nn(-c2cccc(F)c2)c1=O. The molecular weight excluding hydrogens is 458 g/mol. The van der Waals surface area contributed by atoms with Gasteiger partial charge in [0.2, 0.25) is 0 Å². The molecule has 0 radical (unpaired) electrons. The quantitative estimate of drug-likeness (QED) is 0.538. The second-order valence-corrected chi connectivity index (χ2v) is 6.66. The van der Waals surface area contributed by atoms with E-state index in [1.807, 2.05) is 0 Å². The fraction of sp³-hybridized carbons (Fsp3) is 0.200. The third-order valence-electron chi connectivity index (χ3n) is 4.40. The summed E-state index contributed by atoms with van der Waals surface area (Å²) in [6.45, 7) is -1.48. The number of pyridine rings is 1. The monoisotopic (exact) mass is 472 g/mol. The third kappa shape index (κ3) is 5.37. The van der Waals surface area contributed by atoms with Gasteiger partial charge >= 0.3 is 6.18 Å². The maximum Gasteiger partial charge on any atom is 0.410 e. The molecule has 3 aromatic rings. The highest BCUT2D eigenvalue weighted by Crippen LogP contribution is 2.23. The smallest absolute Gasteiger partial charge is 0.394 e. The Hall–Kier alpha value is -3.74. The molecule has 1 atom stereocenters. The van der Waals surface area contributed by atoms with Crippen LogP contribution in [0.4, 0.5) is 26.3 Å².